The minimum absolute atomic E-state index is 0.441. The molecule has 0 unspecified atom stereocenters. The second-order valence-corrected chi connectivity index (χ2v) is 7.88. The fraction of sp³-hybridized carbons (Fsp3) is 0.600. The van der Waals surface area contributed by atoms with E-state index in [0.717, 1.165) is 18.7 Å². The third-order valence-electron chi connectivity index (χ3n) is 4.60. The zero-order chi connectivity index (χ0) is 13.5. The molecule has 2 fully saturated rings. The Morgan fingerprint density at radius 3 is 2.05 bits per heavy atom. The zero-order valence-electron chi connectivity index (χ0n) is 11.4. The van der Waals surface area contributed by atoms with Gasteiger partial charge in [0, 0.05) is 13.1 Å². The molecule has 2 atom stereocenters. The van der Waals surface area contributed by atoms with E-state index < -0.39 is 10.0 Å². The van der Waals surface area contributed by atoms with E-state index in [1.54, 1.807) is 16.4 Å². The van der Waals surface area contributed by atoms with Crippen LogP contribution < -0.4 is 0 Å². The van der Waals surface area contributed by atoms with Gasteiger partial charge in [-0.1, -0.05) is 30.5 Å². The molecule has 0 radical (unpaired) electrons. The summed E-state index contributed by atoms with van der Waals surface area (Å²) in [5.74, 6) is 1.18. The summed E-state index contributed by atoms with van der Waals surface area (Å²) in [6.07, 6.45) is 4.92. The van der Waals surface area contributed by atoms with Crippen LogP contribution in [0.15, 0.2) is 29.2 Å². The number of sulfonamides is 1. The molecule has 3 nitrogen and oxygen atoms in total. The summed E-state index contributed by atoms with van der Waals surface area (Å²) in [7, 11) is -3.28. The fourth-order valence-electron chi connectivity index (χ4n) is 3.42. The van der Waals surface area contributed by atoms with Crippen LogP contribution in [0.4, 0.5) is 0 Å². The van der Waals surface area contributed by atoms with Gasteiger partial charge in [0.1, 0.15) is 0 Å². The first-order valence-electron chi connectivity index (χ1n) is 7.14. The lowest BCUT2D eigenvalue weighted by Gasteiger charge is -2.22. The van der Waals surface area contributed by atoms with Gasteiger partial charge in [0.25, 0.3) is 0 Å². The van der Waals surface area contributed by atoms with Crippen molar-refractivity contribution in [1.29, 1.82) is 0 Å². The first kappa shape index (κ1) is 13.1. The molecule has 0 amide bonds. The molecule has 0 bridgehead atoms. The van der Waals surface area contributed by atoms with E-state index in [4.69, 9.17) is 0 Å². The summed E-state index contributed by atoms with van der Waals surface area (Å²) in [5.41, 5.74) is 1.09. The van der Waals surface area contributed by atoms with Gasteiger partial charge in [-0.15, -0.1) is 0 Å². The Balaban J connectivity index is 1.83. The van der Waals surface area contributed by atoms with Crippen LogP contribution in [-0.2, 0) is 10.0 Å². The Morgan fingerprint density at radius 1 is 1.00 bits per heavy atom. The Labute approximate surface area is 115 Å². The topological polar surface area (TPSA) is 37.4 Å². The summed E-state index contributed by atoms with van der Waals surface area (Å²) in [4.78, 5) is 0.441. The third kappa shape index (κ3) is 2.43. The van der Waals surface area contributed by atoms with Crippen molar-refractivity contribution in [3.63, 3.8) is 0 Å². The lowest BCUT2D eigenvalue weighted by molar-refractivity contribution is 0.299. The average molecular weight is 279 g/mol. The lowest BCUT2D eigenvalue weighted by atomic mass is 9.82. The van der Waals surface area contributed by atoms with Crippen LogP contribution >= 0.6 is 0 Å². The van der Waals surface area contributed by atoms with Crippen LogP contribution in [0.3, 0.4) is 0 Å². The molecule has 1 saturated heterocycles. The van der Waals surface area contributed by atoms with E-state index in [0.29, 0.717) is 16.7 Å². The van der Waals surface area contributed by atoms with Crippen LogP contribution in [0.1, 0.15) is 31.2 Å². The lowest BCUT2D eigenvalue weighted by Crippen LogP contribution is -2.29. The average Bonchev–Trinajstić information content (AvgIpc) is 2.83. The summed E-state index contributed by atoms with van der Waals surface area (Å²) >= 11 is 0. The van der Waals surface area contributed by atoms with Gasteiger partial charge in [0.15, 0.2) is 0 Å². The first-order chi connectivity index (χ1) is 9.07. The number of hydrogen-bond acceptors (Lipinski definition) is 2. The molecule has 1 aromatic carbocycles. The quantitative estimate of drug-likeness (QED) is 0.835. The van der Waals surface area contributed by atoms with Crippen LogP contribution in [0.25, 0.3) is 0 Å². The van der Waals surface area contributed by atoms with Crippen LogP contribution in [0.2, 0.25) is 0 Å². The number of benzene rings is 1. The Kier molecular flexibility index (Phi) is 3.39. The van der Waals surface area contributed by atoms with Gasteiger partial charge < -0.3 is 0 Å². The van der Waals surface area contributed by atoms with Gasteiger partial charge in [-0.2, -0.15) is 4.31 Å². The van der Waals surface area contributed by atoms with Gasteiger partial charge in [0.05, 0.1) is 4.90 Å². The number of aryl methyl sites for hydroxylation is 1. The fourth-order valence-corrected chi connectivity index (χ4v) is 4.97. The van der Waals surface area contributed by atoms with Crippen molar-refractivity contribution in [3.05, 3.63) is 29.8 Å². The molecule has 0 N–H and O–H groups in total. The zero-order valence-corrected chi connectivity index (χ0v) is 12.2. The monoisotopic (exact) mass is 279 g/mol. The highest BCUT2D eigenvalue weighted by molar-refractivity contribution is 7.89. The van der Waals surface area contributed by atoms with E-state index in [2.05, 4.69) is 0 Å². The number of rotatable bonds is 2. The molecule has 1 aromatic rings. The van der Waals surface area contributed by atoms with Crippen molar-refractivity contribution in [2.75, 3.05) is 13.1 Å². The van der Waals surface area contributed by atoms with Crippen LogP contribution in [0, 0.1) is 18.8 Å². The number of nitrogens with zero attached hydrogens (tertiary/aromatic N) is 1. The highest BCUT2D eigenvalue weighted by Gasteiger charge is 2.39. The normalized spacial score (nSPS) is 28.3. The van der Waals surface area contributed by atoms with Crippen molar-refractivity contribution in [3.8, 4) is 0 Å². The molecule has 0 aromatic heterocycles. The molecular formula is C15H21NO2S. The Bertz CT molecular complexity index is 536. The molecule has 104 valence electrons. The van der Waals surface area contributed by atoms with Gasteiger partial charge in [-0.3, -0.25) is 0 Å². The molecule has 4 heteroatoms. The van der Waals surface area contributed by atoms with Gasteiger partial charge in [0.2, 0.25) is 10.0 Å². The Hall–Kier alpha value is -0.870. The maximum absolute atomic E-state index is 12.6. The maximum Gasteiger partial charge on any atom is 0.243 e. The third-order valence-corrected chi connectivity index (χ3v) is 6.45. The standard InChI is InChI=1S/C15H21NO2S/c1-12-6-8-15(9-7-12)19(17,18)16-10-13-4-2-3-5-14(13)11-16/h6-9,13-14H,2-5,10-11H2,1H3/t13-,14+. The van der Waals surface area contributed by atoms with E-state index >= 15 is 0 Å². The van der Waals surface area contributed by atoms with Crippen molar-refractivity contribution in [2.24, 2.45) is 11.8 Å². The van der Waals surface area contributed by atoms with Crippen molar-refractivity contribution < 1.29 is 8.42 Å². The molecule has 1 saturated carbocycles. The molecular weight excluding hydrogens is 258 g/mol. The summed E-state index contributed by atoms with van der Waals surface area (Å²) in [6, 6.07) is 7.20. The van der Waals surface area contributed by atoms with Crippen LogP contribution in [0.5, 0.6) is 0 Å². The molecule has 0 spiro atoms. The molecule has 1 heterocycles. The number of hydrogen-bond donors (Lipinski definition) is 0. The van der Waals surface area contributed by atoms with E-state index in [1.165, 1.54) is 25.7 Å². The van der Waals surface area contributed by atoms with Crippen molar-refractivity contribution in [1.82, 2.24) is 4.31 Å². The molecule has 1 aliphatic heterocycles. The smallest absolute Gasteiger partial charge is 0.207 e. The second kappa shape index (κ2) is 4.91. The highest BCUT2D eigenvalue weighted by atomic mass is 32.2. The van der Waals surface area contributed by atoms with Crippen molar-refractivity contribution in [2.45, 2.75) is 37.5 Å². The predicted octanol–water partition coefficient (Wildman–Crippen LogP) is 2.81. The minimum Gasteiger partial charge on any atom is -0.207 e. The molecule has 2 aliphatic rings. The summed E-state index contributed by atoms with van der Waals surface area (Å²) in [5, 5.41) is 0. The van der Waals surface area contributed by atoms with Crippen LogP contribution in [-0.4, -0.2) is 25.8 Å². The van der Waals surface area contributed by atoms with E-state index in [-0.39, 0.29) is 0 Å². The van der Waals surface area contributed by atoms with Gasteiger partial charge in [-0.05, 0) is 43.7 Å². The second-order valence-electron chi connectivity index (χ2n) is 5.94. The largest absolute Gasteiger partial charge is 0.243 e. The Morgan fingerprint density at radius 2 is 1.53 bits per heavy atom. The predicted molar refractivity (Wildman–Crippen MR) is 75.4 cm³/mol. The molecule has 19 heavy (non-hydrogen) atoms. The SMILES string of the molecule is Cc1ccc(S(=O)(=O)N2C[C@H]3CCCC[C@H]3C2)cc1. The minimum atomic E-state index is -3.28. The van der Waals surface area contributed by atoms with E-state index in [1.807, 2.05) is 19.1 Å². The van der Waals surface area contributed by atoms with Crippen molar-refractivity contribution >= 4 is 10.0 Å². The number of fused-ring (bicyclic) bond motifs is 1. The van der Waals surface area contributed by atoms with E-state index in [9.17, 15) is 8.42 Å². The summed E-state index contributed by atoms with van der Waals surface area (Å²) in [6.45, 7) is 3.42. The first-order valence-corrected chi connectivity index (χ1v) is 8.58. The summed E-state index contributed by atoms with van der Waals surface area (Å²) < 4.78 is 26.9. The molecule has 1 aliphatic carbocycles. The van der Waals surface area contributed by atoms with Gasteiger partial charge in [-0.25, -0.2) is 8.42 Å². The maximum atomic E-state index is 12.6. The van der Waals surface area contributed by atoms with Gasteiger partial charge >= 0.3 is 0 Å². The molecule has 3 rings (SSSR count). The highest BCUT2D eigenvalue weighted by Crippen LogP contribution is 2.38.